The molecule has 0 aromatic carbocycles. The van der Waals surface area contributed by atoms with Gasteiger partial charge < -0.3 is 4.79 Å². The number of hydrogen-bond acceptors (Lipinski definition) is 1. The van der Waals surface area contributed by atoms with Crippen molar-refractivity contribution in [2.75, 3.05) is 0 Å². The Labute approximate surface area is 62.8 Å². The molecule has 1 aliphatic carbocycles. The fourth-order valence-electron chi connectivity index (χ4n) is 1.94. The molecule has 2 atom stereocenters. The maximum Gasteiger partial charge on any atom is 0.126 e. The first-order valence-corrected chi connectivity index (χ1v) is 4.19. The third-order valence-electron chi connectivity index (χ3n) is 2.84. The van der Waals surface area contributed by atoms with E-state index >= 15 is 0 Å². The standard InChI is InChI=1S/C9H16O/c1-3-9(7-10)5-4-8(2)6-9/h7-8H,3-6H2,1-2H3. The summed E-state index contributed by atoms with van der Waals surface area (Å²) in [4.78, 5) is 10.7. The summed E-state index contributed by atoms with van der Waals surface area (Å²) in [7, 11) is 0. The molecule has 0 aliphatic heterocycles. The van der Waals surface area contributed by atoms with E-state index < -0.39 is 0 Å². The minimum absolute atomic E-state index is 0.0689. The SMILES string of the molecule is CCC1(C=O)CCC(C)C1. The average molecular weight is 140 g/mol. The molecule has 0 saturated heterocycles. The average Bonchev–Trinajstić information content (AvgIpc) is 2.33. The Balaban J connectivity index is 2.59. The van der Waals surface area contributed by atoms with Crippen LogP contribution in [-0.4, -0.2) is 6.29 Å². The van der Waals surface area contributed by atoms with Crippen LogP contribution >= 0.6 is 0 Å². The van der Waals surface area contributed by atoms with Gasteiger partial charge in [-0.25, -0.2) is 0 Å². The second kappa shape index (κ2) is 2.73. The molecule has 58 valence electrons. The Morgan fingerprint density at radius 1 is 1.70 bits per heavy atom. The van der Waals surface area contributed by atoms with E-state index in [0.717, 1.165) is 25.2 Å². The highest BCUT2D eigenvalue weighted by Crippen LogP contribution is 2.42. The van der Waals surface area contributed by atoms with E-state index in [1.807, 2.05) is 0 Å². The van der Waals surface area contributed by atoms with Crippen molar-refractivity contribution in [3.63, 3.8) is 0 Å². The molecule has 0 heterocycles. The van der Waals surface area contributed by atoms with E-state index in [4.69, 9.17) is 0 Å². The molecule has 1 aliphatic rings. The number of aldehydes is 1. The number of rotatable bonds is 2. The highest BCUT2D eigenvalue weighted by atomic mass is 16.1. The molecule has 1 saturated carbocycles. The molecule has 2 unspecified atom stereocenters. The Morgan fingerprint density at radius 2 is 2.40 bits per heavy atom. The highest BCUT2D eigenvalue weighted by Gasteiger charge is 2.35. The molecule has 0 radical (unpaired) electrons. The first-order chi connectivity index (χ1) is 4.72. The van der Waals surface area contributed by atoms with Gasteiger partial charge in [0, 0.05) is 5.41 Å². The number of carbonyl (C=O) groups excluding carboxylic acids is 1. The van der Waals surface area contributed by atoms with Crippen LogP contribution in [0.2, 0.25) is 0 Å². The third-order valence-corrected chi connectivity index (χ3v) is 2.84. The van der Waals surface area contributed by atoms with Crippen molar-refractivity contribution < 1.29 is 4.79 Å². The molecular weight excluding hydrogens is 124 g/mol. The summed E-state index contributed by atoms with van der Waals surface area (Å²) in [6, 6.07) is 0. The van der Waals surface area contributed by atoms with Gasteiger partial charge in [-0.15, -0.1) is 0 Å². The zero-order chi connectivity index (χ0) is 7.61. The third kappa shape index (κ3) is 1.23. The molecule has 0 N–H and O–H groups in total. The van der Waals surface area contributed by atoms with E-state index in [0.29, 0.717) is 0 Å². The molecule has 0 aromatic rings. The van der Waals surface area contributed by atoms with Crippen molar-refractivity contribution >= 4 is 6.29 Å². The lowest BCUT2D eigenvalue weighted by atomic mass is 9.84. The van der Waals surface area contributed by atoms with Gasteiger partial charge in [0.05, 0.1) is 0 Å². The van der Waals surface area contributed by atoms with Gasteiger partial charge in [0.15, 0.2) is 0 Å². The summed E-state index contributed by atoms with van der Waals surface area (Å²) in [5, 5.41) is 0. The van der Waals surface area contributed by atoms with Gasteiger partial charge in [-0.3, -0.25) is 0 Å². The van der Waals surface area contributed by atoms with Crippen LogP contribution in [0.25, 0.3) is 0 Å². The lowest BCUT2D eigenvalue weighted by Gasteiger charge is -2.18. The first-order valence-electron chi connectivity index (χ1n) is 4.19. The van der Waals surface area contributed by atoms with Crippen LogP contribution in [0, 0.1) is 11.3 Å². The lowest BCUT2D eigenvalue weighted by Crippen LogP contribution is -2.16. The van der Waals surface area contributed by atoms with E-state index in [-0.39, 0.29) is 5.41 Å². The topological polar surface area (TPSA) is 17.1 Å². The van der Waals surface area contributed by atoms with Gasteiger partial charge in [0.2, 0.25) is 0 Å². The van der Waals surface area contributed by atoms with Crippen molar-refractivity contribution in [2.24, 2.45) is 11.3 Å². The normalized spacial score (nSPS) is 40.0. The Morgan fingerprint density at radius 3 is 2.60 bits per heavy atom. The van der Waals surface area contributed by atoms with Crippen LogP contribution in [0.4, 0.5) is 0 Å². The summed E-state index contributed by atoms with van der Waals surface area (Å²) in [5.41, 5.74) is 0.0689. The molecule has 0 spiro atoms. The van der Waals surface area contributed by atoms with Gasteiger partial charge in [-0.2, -0.15) is 0 Å². The minimum atomic E-state index is 0.0689. The van der Waals surface area contributed by atoms with Crippen molar-refractivity contribution in [1.82, 2.24) is 0 Å². The largest absolute Gasteiger partial charge is 0.303 e. The minimum Gasteiger partial charge on any atom is -0.303 e. The van der Waals surface area contributed by atoms with Crippen LogP contribution < -0.4 is 0 Å². The summed E-state index contributed by atoms with van der Waals surface area (Å²) in [6.45, 7) is 4.35. The van der Waals surface area contributed by atoms with Crippen LogP contribution in [0.1, 0.15) is 39.5 Å². The van der Waals surface area contributed by atoms with E-state index in [1.54, 1.807) is 0 Å². The number of carbonyl (C=O) groups is 1. The molecule has 1 rings (SSSR count). The second-order valence-electron chi connectivity index (χ2n) is 3.68. The smallest absolute Gasteiger partial charge is 0.126 e. The van der Waals surface area contributed by atoms with Crippen LogP contribution in [0.15, 0.2) is 0 Å². The molecule has 1 fully saturated rings. The molecule has 0 aromatic heterocycles. The van der Waals surface area contributed by atoms with Crippen molar-refractivity contribution in [3.8, 4) is 0 Å². The Kier molecular flexibility index (Phi) is 2.12. The quantitative estimate of drug-likeness (QED) is 0.538. The fourth-order valence-corrected chi connectivity index (χ4v) is 1.94. The van der Waals surface area contributed by atoms with Crippen LogP contribution in [0.5, 0.6) is 0 Å². The predicted octanol–water partition coefficient (Wildman–Crippen LogP) is 2.40. The molecule has 1 nitrogen and oxygen atoms in total. The fraction of sp³-hybridized carbons (Fsp3) is 0.889. The monoisotopic (exact) mass is 140 g/mol. The first kappa shape index (κ1) is 7.77. The van der Waals surface area contributed by atoms with Crippen LogP contribution in [0.3, 0.4) is 0 Å². The summed E-state index contributed by atoms with van der Waals surface area (Å²) in [5.74, 6) is 0.769. The van der Waals surface area contributed by atoms with Crippen molar-refractivity contribution in [1.29, 1.82) is 0 Å². The molecule has 0 bridgehead atoms. The maximum absolute atomic E-state index is 10.7. The van der Waals surface area contributed by atoms with E-state index in [2.05, 4.69) is 13.8 Å². The zero-order valence-electron chi connectivity index (χ0n) is 6.89. The van der Waals surface area contributed by atoms with Gasteiger partial charge in [0.1, 0.15) is 6.29 Å². The van der Waals surface area contributed by atoms with E-state index in [1.165, 1.54) is 12.7 Å². The zero-order valence-corrected chi connectivity index (χ0v) is 6.89. The van der Waals surface area contributed by atoms with Gasteiger partial charge in [-0.1, -0.05) is 13.8 Å². The second-order valence-corrected chi connectivity index (χ2v) is 3.68. The summed E-state index contributed by atoms with van der Waals surface area (Å²) < 4.78 is 0. The molecule has 1 heteroatoms. The van der Waals surface area contributed by atoms with Gasteiger partial charge in [0.25, 0.3) is 0 Å². The summed E-state index contributed by atoms with van der Waals surface area (Å²) >= 11 is 0. The predicted molar refractivity (Wildman–Crippen MR) is 41.8 cm³/mol. The molecule has 10 heavy (non-hydrogen) atoms. The van der Waals surface area contributed by atoms with Gasteiger partial charge in [-0.05, 0) is 31.6 Å². The van der Waals surface area contributed by atoms with Crippen molar-refractivity contribution in [3.05, 3.63) is 0 Å². The lowest BCUT2D eigenvalue weighted by molar-refractivity contribution is -0.116. The van der Waals surface area contributed by atoms with Gasteiger partial charge >= 0.3 is 0 Å². The maximum atomic E-state index is 10.7. The number of hydrogen-bond donors (Lipinski definition) is 0. The van der Waals surface area contributed by atoms with Crippen LogP contribution in [-0.2, 0) is 4.79 Å². The highest BCUT2D eigenvalue weighted by molar-refractivity contribution is 5.59. The molecule has 0 amide bonds. The van der Waals surface area contributed by atoms with Crippen molar-refractivity contribution in [2.45, 2.75) is 39.5 Å². The molecular formula is C9H16O. The Hall–Kier alpha value is -0.330. The Bertz CT molecular complexity index is 131. The summed E-state index contributed by atoms with van der Waals surface area (Å²) in [6.07, 6.45) is 5.69. The van der Waals surface area contributed by atoms with E-state index in [9.17, 15) is 4.79 Å².